The molecule has 0 aromatic carbocycles. The summed E-state index contributed by atoms with van der Waals surface area (Å²) in [5, 5.41) is 0. The topological polar surface area (TPSA) is 12.9 Å². The fraction of sp³-hybridized carbons (Fsp3) is 0. The van der Waals surface area contributed by atoms with Crippen LogP contribution in [0.1, 0.15) is 5.69 Å². The van der Waals surface area contributed by atoms with Crippen LogP contribution in [0.2, 0.25) is 4.34 Å². The highest BCUT2D eigenvalue weighted by Gasteiger charge is 1.88. The van der Waals surface area contributed by atoms with Gasteiger partial charge in [-0.05, 0) is 24.5 Å². The van der Waals surface area contributed by atoms with E-state index in [-0.39, 0.29) is 0 Å². The Morgan fingerprint density at radius 1 is 1.86 bits per heavy atom. The highest BCUT2D eigenvalue weighted by molar-refractivity contribution is 7.10. The molecule has 0 atom stereocenters. The molecule has 7 heavy (non-hydrogen) atoms. The van der Waals surface area contributed by atoms with Crippen molar-refractivity contribution in [3.63, 3.8) is 0 Å². The Balaban J connectivity index is 3.04. The molecule has 1 aromatic rings. The predicted molar refractivity (Wildman–Crippen MR) is 31.6 cm³/mol. The fourth-order valence-electron chi connectivity index (χ4n) is 0.286. The molecule has 0 amide bonds. The Morgan fingerprint density at radius 3 is 2.71 bits per heavy atom. The number of hydrogen-bond donors (Lipinski definition) is 0. The molecule has 0 fully saturated rings. The third kappa shape index (κ3) is 1.14. The van der Waals surface area contributed by atoms with Crippen LogP contribution < -0.4 is 0 Å². The van der Waals surface area contributed by atoms with Crippen molar-refractivity contribution in [2.24, 2.45) is 0 Å². The van der Waals surface area contributed by atoms with Crippen LogP contribution >= 0.6 is 23.1 Å². The predicted octanol–water partition coefficient (Wildman–Crippen LogP) is 1.98. The summed E-state index contributed by atoms with van der Waals surface area (Å²) in [5.41, 5.74) is 0.745. The van der Waals surface area contributed by atoms with E-state index >= 15 is 0 Å². The SMILES string of the molecule is [CH2]c1cc(Cl)sn1. The van der Waals surface area contributed by atoms with Crippen molar-refractivity contribution < 1.29 is 0 Å². The molecule has 1 nitrogen and oxygen atoms in total. The number of hydrogen-bond acceptors (Lipinski definition) is 2. The maximum Gasteiger partial charge on any atom is 0.114 e. The van der Waals surface area contributed by atoms with Gasteiger partial charge in [0.2, 0.25) is 0 Å². The average molecular weight is 133 g/mol. The maximum absolute atomic E-state index is 5.48. The van der Waals surface area contributed by atoms with E-state index in [4.69, 9.17) is 11.6 Å². The zero-order valence-electron chi connectivity index (χ0n) is 3.52. The monoisotopic (exact) mass is 132 g/mol. The van der Waals surface area contributed by atoms with E-state index in [0.717, 1.165) is 5.69 Å². The number of rotatable bonds is 0. The van der Waals surface area contributed by atoms with Crippen LogP contribution in [-0.4, -0.2) is 4.37 Å². The first-order valence-electron chi connectivity index (χ1n) is 1.73. The maximum atomic E-state index is 5.48. The average Bonchev–Trinajstić information content (AvgIpc) is 1.87. The molecule has 1 heterocycles. The van der Waals surface area contributed by atoms with E-state index in [1.165, 1.54) is 11.5 Å². The molecule has 3 heteroatoms. The normalized spacial score (nSPS) is 9.43. The lowest BCUT2D eigenvalue weighted by Crippen LogP contribution is -1.58. The third-order valence-electron chi connectivity index (χ3n) is 0.530. The first-order chi connectivity index (χ1) is 3.29. The van der Waals surface area contributed by atoms with Gasteiger partial charge in [0.15, 0.2) is 0 Å². The Morgan fingerprint density at radius 2 is 2.57 bits per heavy atom. The molecule has 0 aliphatic heterocycles. The molecule has 0 unspecified atom stereocenters. The van der Waals surface area contributed by atoms with Crippen LogP contribution in [0.25, 0.3) is 0 Å². The molecule has 0 bridgehead atoms. The summed E-state index contributed by atoms with van der Waals surface area (Å²) in [6.45, 7) is 3.56. The van der Waals surface area contributed by atoms with Gasteiger partial charge in [0.1, 0.15) is 4.34 Å². The van der Waals surface area contributed by atoms with Crippen molar-refractivity contribution in [2.45, 2.75) is 0 Å². The van der Waals surface area contributed by atoms with Gasteiger partial charge >= 0.3 is 0 Å². The standard InChI is InChI=1S/C4H3ClNS/c1-3-2-4(5)7-6-3/h2H,1H2. The molecule has 1 aromatic heterocycles. The van der Waals surface area contributed by atoms with Crippen molar-refractivity contribution in [3.8, 4) is 0 Å². The number of nitrogens with zero attached hydrogens (tertiary/aromatic N) is 1. The molecule has 1 rings (SSSR count). The van der Waals surface area contributed by atoms with Gasteiger partial charge in [0, 0.05) is 0 Å². The van der Waals surface area contributed by atoms with Crippen LogP contribution in [0, 0.1) is 6.92 Å². The van der Waals surface area contributed by atoms with Crippen molar-refractivity contribution in [3.05, 3.63) is 23.0 Å². The summed E-state index contributed by atoms with van der Waals surface area (Å²) in [5.74, 6) is 0. The first-order valence-corrected chi connectivity index (χ1v) is 2.88. The molecule has 0 aliphatic rings. The van der Waals surface area contributed by atoms with Crippen LogP contribution in [-0.2, 0) is 0 Å². The van der Waals surface area contributed by atoms with Crippen LogP contribution in [0.15, 0.2) is 6.07 Å². The lowest BCUT2D eigenvalue weighted by molar-refractivity contribution is 1.47. The summed E-state index contributed by atoms with van der Waals surface area (Å²) in [6.07, 6.45) is 0. The van der Waals surface area contributed by atoms with E-state index in [0.29, 0.717) is 4.34 Å². The Bertz CT molecular complexity index is 144. The minimum absolute atomic E-state index is 0.699. The van der Waals surface area contributed by atoms with Gasteiger partial charge in [-0.1, -0.05) is 11.6 Å². The summed E-state index contributed by atoms with van der Waals surface area (Å²) >= 11 is 6.73. The summed E-state index contributed by atoms with van der Waals surface area (Å²) in [6, 6.07) is 1.73. The number of halogens is 1. The molecule has 1 radical (unpaired) electrons. The van der Waals surface area contributed by atoms with Gasteiger partial charge in [-0.15, -0.1) is 0 Å². The zero-order valence-corrected chi connectivity index (χ0v) is 5.09. The summed E-state index contributed by atoms with van der Waals surface area (Å²) < 4.78 is 4.51. The van der Waals surface area contributed by atoms with Gasteiger partial charge in [0.25, 0.3) is 0 Å². The lowest BCUT2D eigenvalue weighted by Gasteiger charge is -1.65. The van der Waals surface area contributed by atoms with Gasteiger partial charge < -0.3 is 0 Å². The van der Waals surface area contributed by atoms with E-state index in [9.17, 15) is 0 Å². The Labute approximate surface area is 51.1 Å². The number of aromatic nitrogens is 1. The van der Waals surface area contributed by atoms with Gasteiger partial charge in [-0.3, -0.25) is 0 Å². The molecule has 0 N–H and O–H groups in total. The molecule has 37 valence electrons. The van der Waals surface area contributed by atoms with Crippen molar-refractivity contribution in [1.29, 1.82) is 0 Å². The Kier molecular flexibility index (Phi) is 1.30. The quantitative estimate of drug-likeness (QED) is 0.526. The van der Waals surface area contributed by atoms with Crippen LogP contribution in [0.3, 0.4) is 0 Å². The summed E-state index contributed by atoms with van der Waals surface area (Å²) in [4.78, 5) is 0. The van der Waals surface area contributed by atoms with E-state index in [1.54, 1.807) is 6.07 Å². The van der Waals surface area contributed by atoms with E-state index in [1.807, 2.05) is 0 Å². The van der Waals surface area contributed by atoms with Gasteiger partial charge in [-0.25, -0.2) is 0 Å². The van der Waals surface area contributed by atoms with Crippen LogP contribution in [0.4, 0.5) is 0 Å². The summed E-state index contributed by atoms with van der Waals surface area (Å²) in [7, 11) is 0. The van der Waals surface area contributed by atoms with Crippen molar-refractivity contribution in [1.82, 2.24) is 4.37 Å². The molecule has 0 spiro atoms. The van der Waals surface area contributed by atoms with Crippen LogP contribution in [0.5, 0.6) is 0 Å². The van der Waals surface area contributed by atoms with E-state index < -0.39 is 0 Å². The smallest absolute Gasteiger partial charge is 0.114 e. The molecule has 0 saturated heterocycles. The lowest BCUT2D eigenvalue weighted by atomic mass is 10.5. The Hall–Kier alpha value is -0.0800. The largest absolute Gasteiger partial charge is 0.196 e. The van der Waals surface area contributed by atoms with Gasteiger partial charge in [-0.2, -0.15) is 4.37 Å². The second kappa shape index (κ2) is 1.80. The third-order valence-corrected chi connectivity index (χ3v) is 1.46. The van der Waals surface area contributed by atoms with Crippen molar-refractivity contribution >= 4 is 23.1 Å². The highest BCUT2D eigenvalue weighted by Crippen LogP contribution is 2.14. The fourth-order valence-corrected chi connectivity index (χ4v) is 0.961. The molecular formula is C4H3ClNS. The first kappa shape index (κ1) is 5.06. The molecule has 0 saturated carbocycles. The molecule has 0 aliphatic carbocycles. The minimum Gasteiger partial charge on any atom is -0.196 e. The second-order valence-electron chi connectivity index (χ2n) is 1.12. The van der Waals surface area contributed by atoms with E-state index in [2.05, 4.69) is 11.3 Å². The highest BCUT2D eigenvalue weighted by atomic mass is 35.5. The molecular weight excluding hydrogens is 130 g/mol. The second-order valence-corrected chi connectivity index (χ2v) is 2.56. The minimum atomic E-state index is 0.699. The van der Waals surface area contributed by atoms with Gasteiger partial charge in [0.05, 0.1) is 5.69 Å². The zero-order chi connectivity index (χ0) is 5.28. The van der Waals surface area contributed by atoms with Crippen molar-refractivity contribution in [2.75, 3.05) is 0 Å².